The largest absolute Gasteiger partial charge is 0.0842 e. The van der Waals surface area contributed by atoms with Crippen molar-refractivity contribution in [2.45, 2.75) is 54.9 Å². The minimum absolute atomic E-state index is 1.06. The zero-order chi connectivity index (χ0) is 19.5. The molecule has 0 unspecified atom stereocenters. The summed E-state index contributed by atoms with van der Waals surface area (Å²) >= 11 is 0. The van der Waals surface area contributed by atoms with Crippen molar-refractivity contribution < 1.29 is 0 Å². The number of rotatable bonds is 3. The molecule has 3 rings (SSSR count). The summed E-state index contributed by atoms with van der Waals surface area (Å²) in [5.41, 5.74) is 6.69. The first kappa shape index (κ1) is 21.7. The molecule has 3 aromatic rings. The first-order valence-corrected chi connectivity index (χ1v) is 9.97. The van der Waals surface area contributed by atoms with Crippen LogP contribution in [0.4, 0.5) is 0 Å². The van der Waals surface area contributed by atoms with E-state index in [1.807, 2.05) is 27.7 Å². The molecule has 0 aromatic heterocycles. The minimum atomic E-state index is 1.06. The molecule has 0 radical (unpaired) electrons. The van der Waals surface area contributed by atoms with Crippen LogP contribution in [0.1, 0.15) is 57.7 Å². The Balaban J connectivity index is 0.000000791. The maximum atomic E-state index is 2.33. The second-order valence-electron chi connectivity index (χ2n) is 5.81. The van der Waals surface area contributed by atoms with Crippen LogP contribution >= 0.6 is 0 Å². The maximum Gasteiger partial charge on any atom is -0.00998 e. The Morgan fingerprint density at radius 2 is 1.38 bits per heavy atom. The molecule has 0 atom stereocenters. The summed E-state index contributed by atoms with van der Waals surface area (Å²) in [4.78, 5) is 0. The molecule has 0 aliphatic carbocycles. The molecule has 0 spiro atoms. The number of allylic oxidation sites excluding steroid dienone is 1. The molecule has 138 valence electrons. The summed E-state index contributed by atoms with van der Waals surface area (Å²) in [5.74, 6) is 0. The highest BCUT2D eigenvalue weighted by molar-refractivity contribution is 5.95. The van der Waals surface area contributed by atoms with E-state index in [2.05, 4.69) is 87.5 Å². The zero-order valence-corrected chi connectivity index (χ0v) is 17.6. The fourth-order valence-corrected chi connectivity index (χ4v) is 3.09. The Bertz CT molecular complexity index is 838. The molecular formula is C26H34. The van der Waals surface area contributed by atoms with Gasteiger partial charge in [-0.25, -0.2) is 0 Å². The Labute approximate surface area is 160 Å². The van der Waals surface area contributed by atoms with Gasteiger partial charge >= 0.3 is 0 Å². The van der Waals surface area contributed by atoms with E-state index in [1.54, 1.807) is 0 Å². The molecule has 0 bridgehead atoms. The van der Waals surface area contributed by atoms with E-state index < -0.39 is 0 Å². The van der Waals surface area contributed by atoms with Crippen molar-refractivity contribution >= 4 is 16.8 Å². The van der Waals surface area contributed by atoms with E-state index in [9.17, 15) is 0 Å². The number of hydrogen-bond donors (Lipinski definition) is 0. The van der Waals surface area contributed by atoms with Crippen molar-refractivity contribution in [3.05, 3.63) is 77.4 Å². The van der Waals surface area contributed by atoms with E-state index in [4.69, 9.17) is 0 Å². The van der Waals surface area contributed by atoms with Crippen LogP contribution in [0.2, 0.25) is 0 Å². The van der Waals surface area contributed by atoms with E-state index in [0.717, 1.165) is 6.42 Å². The average Bonchev–Trinajstić information content (AvgIpc) is 2.71. The number of benzene rings is 3. The van der Waals surface area contributed by atoms with Gasteiger partial charge in [0.15, 0.2) is 0 Å². The van der Waals surface area contributed by atoms with Crippen LogP contribution in [0.3, 0.4) is 0 Å². The maximum absolute atomic E-state index is 2.33. The van der Waals surface area contributed by atoms with E-state index >= 15 is 0 Å². The second kappa shape index (κ2) is 11.3. The van der Waals surface area contributed by atoms with Crippen LogP contribution in [0, 0.1) is 13.8 Å². The first-order chi connectivity index (χ1) is 12.7. The van der Waals surface area contributed by atoms with Crippen LogP contribution in [0.15, 0.2) is 60.7 Å². The van der Waals surface area contributed by atoms with Gasteiger partial charge in [-0.2, -0.15) is 0 Å². The fraction of sp³-hybridized carbons (Fsp3) is 0.308. The normalized spacial score (nSPS) is 10.1. The zero-order valence-electron chi connectivity index (χ0n) is 17.6. The monoisotopic (exact) mass is 346 g/mol. The Morgan fingerprint density at radius 3 is 2.04 bits per heavy atom. The highest BCUT2D eigenvalue weighted by Gasteiger charge is 2.11. The lowest BCUT2D eigenvalue weighted by atomic mass is 9.89. The number of fused-ring (bicyclic) bond motifs is 1. The van der Waals surface area contributed by atoms with Gasteiger partial charge in [0.2, 0.25) is 0 Å². The molecule has 26 heavy (non-hydrogen) atoms. The molecule has 0 saturated carbocycles. The van der Waals surface area contributed by atoms with Crippen molar-refractivity contribution in [1.82, 2.24) is 0 Å². The smallest absolute Gasteiger partial charge is 0.00998 e. The quantitative estimate of drug-likeness (QED) is 0.445. The molecule has 0 heteroatoms. The Morgan fingerprint density at radius 1 is 0.769 bits per heavy atom. The van der Waals surface area contributed by atoms with Crippen molar-refractivity contribution in [2.75, 3.05) is 0 Å². The van der Waals surface area contributed by atoms with Gasteiger partial charge < -0.3 is 0 Å². The van der Waals surface area contributed by atoms with Crippen molar-refractivity contribution in [1.29, 1.82) is 0 Å². The first-order valence-electron chi connectivity index (χ1n) is 9.97. The van der Waals surface area contributed by atoms with Crippen molar-refractivity contribution in [3.8, 4) is 11.1 Å². The summed E-state index contributed by atoms with van der Waals surface area (Å²) in [7, 11) is 0. The molecule has 0 heterocycles. The molecule has 0 N–H and O–H groups in total. The van der Waals surface area contributed by atoms with E-state index in [-0.39, 0.29) is 0 Å². The third-order valence-electron chi connectivity index (χ3n) is 4.31. The van der Waals surface area contributed by atoms with Gasteiger partial charge in [-0.05, 0) is 64.9 Å². The summed E-state index contributed by atoms with van der Waals surface area (Å²) < 4.78 is 0. The molecule has 0 saturated heterocycles. The molecule has 0 fully saturated rings. The summed E-state index contributed by atoms with van der Waals surface area (Å²) in [6.07, 6.45) is 5.59. The van der Waals surface area contributed by atoms with Gasteiger partial charge in [-0.1, -0.05) is 95.3 Å². The minimum Gasteiger partial charge on any atom is -0.0842 e. The molecule has 0 amide bonds. The molecule has 0 nitrogen and oxygen atoms in total. The van der Waals surface area contributed by atoms with Crippen LogP contribution in [0.5, 0.6) is 0 Å². The topological polar surface area (TPSA) is 0 Å². The summed E-state index contributed by atoms with van der Waals surface area (Å²) in [5, 5.41) is 2.66. The lowest BCUT2D eigenvalue weighted by molar-refractivity contribution is 1.23. The molecule has 0 aliphatic rings. The third kappa shape index (κ3) is 4.85. The summed E-state index contributed by atoms with van der Waals surface area (Å²) in [6.45, 7) is 14.6. The number of hydrogen-bond acceptors (Lipinski definition) is 0. The van der Waals surface area contributed by atoms with Gasteiger partial charge in [-0.3, -0.25) is 0 Å². The van der Waals surface area contributed by atoms with Gasteiger partial charge in [0, 0.05) is 0 Å². The van der Waals surface area contributed by atoms with Crippen molar-refractivity contribution in [2.24, 2.45) is 0 Å². The fourth-order valence-electron chi connectivity index (χ4n) is 3.09. The Hall–Kier alpha value is -2.34. The standard InChI is InChI=1S/C22H22.2C2H6/c1-4-5-12-21-17(3)20-14-9-7-11-18(20)15-22(21)19-13-8-6-10-16(19)2;2*1-2/h5-15H,4H2,1-3H3;2*1-2H3/b12-5-;;. The second-order valence-corrected chi connectivity index (χ2v) is 5.81. The third-order valence-corrected chi connectivity index (χ3v) is 4.31. The van der Waals surface area contributed by atoms with E-state index in [0.29, 0.717) is 0 Å². The predicted molar refractivity (Wildman–Crippen MR) is 121 cm³/mol. The average molecular weight is 347 g/mol. The van der Waals surface area contributed by atoms with Gasteiger partial charge in [-0.15, -0.1) is 0 Å². The highest BCUT2D eigenvalue weighted by Crippen LogP contribution is 2.34. The molecule has 0 aliphatic heterocycles. The lowest BCUT2D eigenvalue weighted by Gasteiger charge is -2.15. The van der Waals surface area contributed by atoms with Crippen LogP contribution in [-0.4, -0.2) is 0 Å². The highest BCUT2D eigenvalue weighted by atomic mass is 14.1. The lowest BCUT2D eigenvalue weighted by Crippen LogP contribution is -1.92. The van der Waals surface area contributed by atoms with Crippen LogP contribution in [0.25, 0.3) is 28.0 Å². The Kier molecular flexibility index (Phi) is 9.44. The van der Waals surface area contributed by atoms with Crippen molar-refractivity contribution in [3.63, 3.8) is 0 Å². The van der Waals surface area contributed by atoms with Gasteiger partial charge in [0.25, 0.3) is 0 Å². The SMILES string of the molecule is CC.CC.CC/C=C\c1c(-c2ccccc2C)cc2ccccc2c1C. The number of aryl methyl sites for hydroxylation is 2. The summed E-state index contributed by atoms with van der Waals surface area (Å²) in [6, 6.07) is 19.6. The van der Waals surface area contributed by atoms with Gasteiger partial charge in [0.05, 0.1) is 0 Å². The van der Waals surface area contributed by atoms with Crippen LogP contribution < -0.4 is 0 Å². The van der Waals surface area contributed by atoms with Gasteiger partial charge in [0.1, 0.15) is 0 Å². The molecule has 3 aromatic carbocycles. The predicted octanol–water partition coefficient (Wildman–Crippen LogP) is 8.60. The van der Waals surface area contributed by atoms with E-state index in [1.165, 1.54) is 38.6 Å². The molecular weight excluding hydrogens is 312 g/mol. The van der Waals surface area contributed by atoms with Crippen LogP contribution in [-0.2, 0) is 0 Å².